The van der Waals surface area contributed by atoms with Crippen LogP contribution in [0, 0.1) is 0 Å². The lowest BCUT2D eigenvalue weighted by atomic mass is 10.3. The molecular weight excluding hydrogens is 216 g/mol. The van der Waals surface area contributed by atoms with E-state index in [9.17, 15) is 5.11 Å². The van der Waals surface area contributed by atoms with Crippen LogP contribution in [0.2, 0.25) is 5.02 Å². The van der Waals surface area contributed by atoms with Crippen LogP contribution in [0.15, 0.2) is 29.2 Å². The van der Waals surface area contributed by atoms with E-state index in [0.717, 1.165) is 29.2 Å². The molecule has 0 heterocycles. The third kappa shape index (κ3) is 2.44. The molecule has 0 spiro atoms. The number of hydrogen-bond donors (Lipinski definition) is 1. The largest absolute Gasteiger partial charge is 0.392 e. The van der Waals surface area contributed by atoms with Gasteiger partial charge in [0, 0.05) is 15.2 Å². The average Bonchev–Trinajstić information content (AvgIpc) is 2.52. The highest BCUT2D eigenvalue weighted by Crippen LogP contribution is 2.35. The summed E-state index contributed by atoms with van der Waals surface area (Å²) in [7, 11) is 0. The molecule has 0 amide bonds. The Labute approximate surface area is 93.5 Å². The Hall–Kier alpha value is -0.180. The second-order valence-corrected chi connectivity index (χ2v) is 5.36. The van der Waals surface area contributed by atoms with E-state index in [2.05, 4.69) is 0 Å². The van der Waals surface area contributed by atoms with Crippen LogP contribution in [-0.4, -0.2) is 16.5 Å². The normalized spacial score (nSPS) is 26.7. The molecule has 0 aliphatic heterocycles. The van der Waals surface area contributed by atoms with Crippen molar-refractivity contribution in [3.05, 3.63) is 29.3 Å². The fraction of sp³-hybridized carbons (Fsp3) is 0.455. The number of benzene rings is 1. The van der Waals surface area contributed by atoms with Crippen molar-refractivity contribution in [3.63, 3.8) is 0 Å². The molecule has 0 radical (unpaired) electrons. The number of thioether (sulfide) groups is 1. The van der Waals surface area contributed by atoms with Crippen molar-refractivity contribution >= 4 is 23.4 Å². The minimum absolute atomic E-state index is 0.140. The maximum atomic E-state index is 9.67. The van der Waals surface area contributed by atoms with Gasteiger partial charge in [0.1, 0.15) is 0 Å². The maximum absolute atomic E-state index is 9.67. The summed E-state index contributed by atoms with van der Waals surface area (Å²) in [4.78, 5) is 1.16. The molecule has 1 nitrogen and oxygen atoms in total. The molecular formula is C11H13ClOS. The zero-order valence-corrected chi connectivity index (χ0v) is 9.39. The number of halogens is 1. The molecule has 1 saturated carbocycles. The second kappa shape index (κ2) is 4.56. The van der Waals surface area contributed by atoms with Gasteiger partial charge in [0.2, 0.25) is 0 Å². The Kier molecular flexibility index (Phi) is 3.37. The van der Waals surface area contributed by atoms with Crippen LogP contribution < -0.4 is 0 Å². The van der Waals surface area contributed by atoms with Gasteiger partial charge < -0.3 is 5.11 Å². The second-order valence-electron chi connectivity index (χ2n) is 3.61. The highest BCUT2D eigenvalue weighted by Gasteiger charge is 2.25. The van der Waals surface area contributed by atoms with E-state index in [1.807, 2.05) is 24.3 Å². The van der Waals surface area contributed by atoms with Crippen molar-refractivity contribution in [1.82, 2.24) is 0 Å². The molecule has 1 N–H and O–H groups in total. The Balaban J connectivity index is 2.03. The molecule has 1 aliphatic carbocycles. The number of aliphatic hydroxyl groups is 1. The molecule has 0 unspecified atom stereocenters. The Bertz CT molecular complexity index is 316. The predicted molar refractivity (Wildman–Crippen MR) is 61.0 cm³/mol. The molecule has 2 rings (SSSR count). The third-order valence-corrected chi connectivity index (χ3v) is 4.12. The van der Waals surface area contributed by atoms with Gasteiger partial charge in [-0.2, -0.15) is 0 Å². The van der Waals surface area contributed by atoms with Crippen LogP contribution in [-0.2, 0) is 0 Å². The topological polar surface area (TPSA) is 20.2 Å². The summed E-state index contributed by atoms with van der Waals surface area (Å²) in [6.45, 7) is 0. The summed E-state index contributed by atoms with van der Waals surface area (Å²) in [5.74, 6) is 0. The third-order valence-electron chi connectivity index (χ3n) is 2.50. The van der Waals surface area contributed by atoms with Gasteiger partial charge in [-0.3, -0.25) is 0 Å². The molecule has 1 aliphatic rings. The van der Waals surface area contributed by atoms with Crippen LogP contribution in [0.5, 0.6) is 0 Å². The zero-order chi connectivity index (χ0) is 9.97. The molecule has 2 atom stereocenters. The zero-order valence-electron chi connectivity index (χ0n) is 7.82. The molecule has 14 heavy (non-hydrogen) atoms. The highest BCUT2D eigenvalue weighted by atomic mass is 35.5. The summed E-state index contributed by atoms with van der Waals surface area (Å²) in [6, 6.07) is 7.82. The van der Waals surface area contributed by atoms with Crippen LogP contribution in [0.3, 0.4) is 0 Å². The summed E-state index contributed by atoms with van der Waals surface area (Å²) < 4.78 is 0. The summed E-state index contributed by atoms with van der Waals surface area (Å²) in [6.07, 6.45) is 3.05. The lowest BCUT2D eigenvalue weighted by Crippen LogP contribution is -2.14. The highest BCUT2D eigenvalue weighted by molar-refractivity contribution is 8.00. The van der Waals surface area contributed by atoms with E-state index < -0.39 is 0 Å². The number of aliphatic hydroxyl groups excluding tert-OH is 1. The molecule has 0 aromatic heterocycles. The fourth-order valence-electron chi connectivity index (χ4n) is 1.76. The first kappa shape index (κ1) is 10.3. The SMILES string of the molecule is O[C@H]1CCC[C@@H]1Sc1cccc(Cl)c1. The monoisotopic (exact) mass is 228 g/mol. The molecule has 0 bridgehead atoms. The van der Waals surface area contributed by atoms with E-state index in [4.69, 9.17) is 11.6 Å². The smallest absolute Gasteiger partial charge is 0.0662 e. The van der Waals surface area contributed by atoms with E-state index >= 15 is 0 Å². The summed E-state index contributed by atoms with van der Waals surface area (Å²) in [5, 5.41) is 10.8. The van der Waals surface area contributed by atoms with Crippen molar-refractivity contribution in [1.29, 1.82) is 0 Å². The Morgan fingerprint density at radius 2 is 2.21 bits per heavy atom. The van der Waals surface area contributed by atoms with Gasteiger partial charge in [0.15, 0.2) is 0 Å². The summed E-state index contributed by atoms with van der Waals surface area (Å²) in [5.41, 5.74) is 0. The molecule has 1 aromatic rings. The molecule has 3 heteroatoms. The molecule has 0 saturated heterocycles. The fourth-order valence-corrected chi connectivity index (χ4v) is 3.29. The van der Waals surface area contributed by atoms with Crippen molar-refractivity contribution in [3.8, 4) is 0 Å². The Morgan fingerprint density at radius 3 is 2.86 bits per heavy atom. The number of hydrogen-bond acceptors (Lipinski definition) is 2. The predicted octanol–water partition coefficient (Wildman–Crippen LogP) is 3.35. The van der Waals surface area contributed by atoms with Crippen LogP contribution in [0.1, 0.15) is 19.3 Å². The molecule has 1 fully saturated rings. The summed E-state index contributed by atoms with van der Waals surface area (Å²) >= 11 is 7.63. The quantitative estimate of drug-likeness (QED) is 0.838. The van der Waals surface area contributed by atoms with Gasteiger partial charge in [-0.05, 0) is 37.5 Å². The van der Waals surface area contributed by atoms with Gasteiger partial charge in [0.25, 0.3) is 0 Å². The van der Waals surface area contributed by atoms with E-state index in [1.165, 1.54) is 0 Å². The van der Waals surface area contributed by atoms with Crippen molar-refractivity contribution in [2.75, 3.05) is 0 Å². The molecule has 76 valence electrons. The van der Waals surface area contributed by atoms with Gasteiger partial charge >= 0.3 is 0 Å². The minimum atomic E-state index is -0.140. The van der Waals surface area contributed by atoms with Crippen molar-refractivity contribution in [2.24, 2.45) is 0 Å². The average molecular weight is 229 g/mol. The van der Waals surface area contributed by atoms with Crippen molar-refractivity contribution in [2.45, 2.75) is 35.5 Å². The Morgan fingerprint density at radius 1 is 1.36 bits per heavy atom. The first-order chi connectivity index (χ1) is 6.75. The van der Waals surface area contributed by atoms with Gasteiger partial charge in [-0.1, -0.05) is 17.7 Å². The van der Waals surface area contributed by atoms with Crippen LogP contribution in [0.25, 0.3) is 0 Å². The first-order valence-electron chi connectivity index (χ1n) is 4.86. The maximum Gasteiger partial charge on any atom is 0.0662 e. The van der Waals surface area contributed by atoms with E-state index in [-0.39, 0.29) is 6.10 Å². The van der Waals surface area contributed by atoms with Gasteiger partial charge in [-0.15, -0.1) is 11.8 Å². The van der Waals surface area contributed by atoms with Gasteiger partial charge in [0.05, 0.1) is 6.10 Å². The number of rotatable bonds is 2. The first-order valence-corrected chi connectivity index (χ1v) is 6.12. The lowest BCUT2D eigenvalue weighted by molar-refractivity contribution is 0.188. The van der Waals surface area contributed by atoms with Crippen LogP contribution >= 0.6 is 23.4 Å². The molecule has 1 aromatic carbocycles. The van der Waals surface area contributed by atoms with E-state index in [0.29, 0.717) is 5.25 Å². The van der Waals surface area contributed by atoms with Gasteiger partial charge in [-0.25, -0.2) is 0 Å². The van der Waals surface area contributed by atoms with Crippen molar-refractivity contribution < 1.29 is 5.11 Å². The standard InChI is InChI=1S/C11H13ClOS/c12-8-3-1-4-9(7-8)14-11-6-2-5-10(11)13/h1,3-4,7,10-11,13H,2,5-6H2/t10-,11-/m0/s1. The van der Waals surface area contributed by atoms with Crippen LogP contribution in [0.4, 0.5) is 0 Å². The van der Waals surface area contributed by atoms with E-state index in [1.54, 1.807) is 11.8 Å². The lowest BCUT2D eigenvalue weighted by Gasteiger charge is -2.13. The minimum Gasteiger partial charge on any atom is -0.392 e.